The number of thioether (sulfide) groups is 1. The number of carbonyl (C=O) groups excluding carboxylic acids is 1. The normalized spacial score (nSPS) is 16.0. The second-order valence-corrected chi connectivity index (χ2v) is 7.11. The Morgan fingerprint density at radius 1 is 1.28 bits per heavy atom. The molecule has 1 aliphatic rings. The Morgan fingerprint density at radius 3 is 2.76 bits per heavy atom. The molecule has 25 heavy (non-hydrogen) atoms. The van der Waals surface area contributed by atoms with E-state index in [-0.39, 0.29) is 23.2 Å². The molecule has 1 atom stereocenters. The quantitative estimate of drug-likeness (QED) is 0.820. The highest BCUT2D eigenvalue weighted by Crippen LogP contribution is 2.39. The number of alkyl carbamates (subject to hydrolysis) is 1. The van der Waals surface area contributed by atoms with Crippen molar-refractivity contribution < 1.29 is 19.4 Å². The van der Waals surface area contributed by atoms with Crippen molar-refractivity contribution in [1.29, 1.82) is 0 Å². The maximum absolute atomic E-state index is 12.1. The van der Waals surface area contributed by atoms with Gasteiger partial charge in [-0.1, -0.05) is 41.9 Å². The molecule has 1 unspecified atom stereocenters. The zero-order chi connectivity index (χ0) is 17.8. The van der Waals surface area contributed by atoms with Crippen LogP contribution in [0, 0.1) is 0 Å². The zero-order valence-electron chi connectivity index (χ0n) is 13.2. The van der Waals surface area contributed by atoms with Gasteiger partial charge >= 0.3 is 12.1 Å². The van der Waals surface area contributed by atoms with Gasteiger partial charge in [-0.05, 0) is 29.7 Å². The summed E-state index contributed by atoms with van der Waals surface area (Å²) in [7, 11) is 0. The summed E-state index contributed by atoms with van der Waals surface area (Å²) in [6.45, 7) is 0.194. The number of nitrogens with one attached hydrogen (secondary N) is 1. The molecule has 0 spiro atoms. The van der Waals surface area contributed by atoms with Crippen LogP contribution in [-0.4, -0.2) is 22.9 Å². The van der Waals surface area contributed by atoms with Gasteiger partial charge in [0.1, 0.15) is 6.61 Å². The summed E-state index contributed by atoms with van der Waals surface area (Å²) < 4.78 is 5.25. The van der Waals surface area contributed by atoms with E-state index in [1.54, 1.807) is 23.9 Å². The van der Waals surface area contributed by atoms with Crippen molar-refractivity contribution in [3.8, 4) is 0 Å². The molecule has 2 N–H and O–H groups in total. The highest BCUT2D eigenvalue weighted by molar-refractivity contribution is 7.99. The molecule has 0 fully saturated rings. The van der Waals surface area contributed by atoms with Crippen LogP contribution in [0.1, 0.15) is 33.9 Å². The van der Waals surface area contributed by atoms with E-state index in [1.165, 1.54) is 0 Å². The number of carboxylic acids is 1. The predicted molar refractivity (Wildman–Crippen MR) is 96.3 cm³/mol. The lowest BCUT2D eigenvalue weighted by molar-refractivity contribution is 0.0696. The van der Waals surface area contributed by atoms with Crippen LogP contribution < -0.4 is 5.32 Å². The maximum Gasteiger partial charge on any atom is 0.407 e. The van der Waals surface area contributed by atoms with Crippen LogP contribution in [0.2, 0.25) is 5.02 Å². The average molecular weight is 378 g/mol. The first-order valence-electron chi connectivity index (χ1n) is 7.71. The van der Waals surface area contributed by atoms with E-state index < -0.39 is 12.1 Å². The number of hydrogen-bond acceptors (Lipinski definition) is 4. The van der Waals surface area contributed by atoms with Crippen molar-refractivity contribution in [2.75, 3.05) is 5.75 Å². The number of aromatic carboxylic acids is 1. The van der Waals surface area contributed by atoms with Crippen molar-refractivity contribution in [1.82, 2.24) is 5.32 Å². The number of carboxylic acid groups (broad SMARTS) is 1. The molecule has 5 nitrogen and oxygen atoms in total. The molecule has 7 heteroatoms. The van der Waals surface area contributed by atoms with Gasteiger partial charge in [-0.25, -0.2) is 9.59 Å². The van der Waals surface area contributed by atoms with Crippen molar-refractivity contribution >= 4 is 35.4 Å². The average Bonchev–Trinajstić information content (AvgIpc) is 2.61. The molecule has 2 aromatic rings. The fourth-order valence-corrected chi connectivity index (χ4v) is 4.02. The molecule has 1 amide bonds. The van der Waals surface area contributed by atoms with E-state index >= 15 is 0 Å². The van der Waals surface area contributed by atoms with Crippen LogP contribution in [0.4, 0.5) is 4.79 Å². The van der Waals surface area contributed by atoms with Crippen LogP contribution >= 0.6 is 23.4 Å². The molecule has 0 saturated heterocycles. The molecule has 1 heterocycles. The largest absolute Gasteiger partial charge is 0.478 e. The first kappa shape index (κ1) is 17.6. The number of ether oxygens (including phenoxy) is 1. The number of fused-ring (bicyclic) bond motifs is 1. The second kappa shape index (κ2) is 7.80. The van der Waals surface area contributed by atoms with Gasteiger partial charge in [-0.2, -0.15) is 0 Å². The number of benzene rings is 2. The van der Waals surface area contributed by atoms with Gasteiger partial charge < -0.3 is 15.2 Å². The van der Waals surface area contributed by atoms with Gasteiger partial charge in [0, 0.05) is 10.6 Å². The molecule has 130 valence electrons. The van der Waals surface area contributed by atoms with Crippen LogP contribution in [0.3, 0.4) is 0 Å². The monoisotopic (exact) mass is 377 g/mol. The minimum atomic E-state index is -1.06. The number of amides is 1. The van der Waals surface area contributed by atoms with Crippen LogP contribution in [-0.2, 0) is 11.3 Å². The summed E-state index contributed by atoms with van der Waals surface area (Å²) >= 11 is 7.62. The molecule has 0 aliphatic carbocycles. The Bertz CT molecular complexity index is 797. The lowest BCUT2D eigenvalue weighted by Gasteiger charge is -2.26. The number of hydrogen-bond donors (Lipinski definition) is 2. The first-order valence-corrected chi connectivity index (χ1v) is 9.07. The predicted octanol–water partition coefficient (Wildman–Crippen LogP) is 4.50. The standard InChI is InChI=1S/C18H16ClNO4S/c19-14-8-13-15(6-7-25-16(13)9-12(14)17(21)22)20-18(23)24-10-11-4-2-1-3-5-11/h1-5,8-9,15H,6-7,10H2,(H,20,23)(H,21,22). The minimum Gasteiger partial charge on any atom is -0.478 e. The van der Waals surface area contributed by atoms with E-state index in [4.69, 9.17) is 16.3 Å². The summed E-state index contributed by atoms with van der Waals surface area (Å²) in [6.07, 6.45) is 0.214. The maximum atomic E-state index is 12.1. The SMILES string of the molecule is O=C(NC1CCSc2cc(C(=O)O)c(Cl)cc21)OCc1ccccc1. The minimum absolute atomic E-state index is 0.0696. The number of rotatable bonds is 4. The van der Waals surface area contributed by atoms with Crippen LogP contribution in [0.5, 0.6) is 0 Å². The van der Waals surface area contributed by atoms with Crippen LogP contribution in [0.25, 0.3) is 0 Å². The molecule has 0 radical (unpaired) electrons. The molecule has 0 aromatic heterocycles. The molecule has 0 saturated carbocycles. The van der Waals surface area contributed by atoms with Crippen molar-refractivity contribution in [3.05, 3.63) is 64.2 Å². The first-order chi connectivity index (χ1) is 12.0. The van der Waals surface area contributed by atoms with Gasteiger partial charge in [-0.15, -0.1) is 11.8 Å². The summed E-state index contributed by atoms with van der Waals surface area (Å²) in [4.78, 5) is 24.1. The van der Waals surface area contributed by atoms with Gasteiger partial charge in [0.25, 0.3) is 0 Å². The Labute approximate surface area is 154 Å². The van der Waals surface area contributed by atoms with Crippen molar-refractivity contribution in [3.63, 3.8) is 0 Å². The second-order valence-electron chi connectivity index (χ2n) is 5.57. The molecular formula is C18H16ClNO4S. The fourth-order valence-electron chi connectivity index (χ4n) is 2.63. The van der Waals surface area contributed by atoms with Gasteiger partial charge in [0.05, 0.1) is 16.6 Å². The lowest BCUT2D eigenvalue weighted by atomic mass is 10.0. The summed E-state index contributed by atoms with van der Waals surface area (Å²) in [5.74, 6) is -0.289. The van der Waals surface area contributed by atoms with E-state index in [1.807, 2.05) is 30.3 Å². The van der Waals surface area contributed by atoms with E-state index in [2.05, 4.69) is 5.32 Å². The topological polar surface area (TPSA) is 75.6 Å². The third-order valence-electron chi connectivity index (χ3n) is 3.87. The van der Waals surface area contributed by atoms with Gasteiger partial charge in [-0.3, -0.25) is 0 Å². The Balaban J connectivity index is 1.69. The summed E-state index contributed by atoms with van der Waals surface area (Å²) in [6, 6.07) is 12.4. The lowest BCUT2D eigenvalue weighted by Crippen LogP contribution is -2.31. The van der Waals surface area contributed by atoms with E-state index in [0.717, 1.165) is 28.2 Å². The number of carbonyl (C=O) groups is 2. The summed E-state index contributed by atoms with van der Waals surface area (Å²) in [5, 5.41) is 12.2. The van der Waals surface area contributed by atoms with Crippen molar-refractivity contribution in [2.24, 2.45) is 0 Å². The molecule has 0 bridgehead atoms. The Kier molecular flexibility index (Phi) is 5.50. The molecule has 3 rings (SSSR count). The van der Waals surface area contributed by atoms with Gasteiger partial charge in [0.2, 0.25) is 0 Å². The molecule has 2 aromatic carbocycles. The van der Waals surface area contributed by atoms with Crippen LogP contribution in [0.15, 0.2) is 47.4 Å². The molecular weight excluding hydrogens is 362 g/mol. The van der Waals surface area contributed by atoms with Gasteiger partial charge in [0.15, 0.2) is 0 Å². The Morgan fingerprint density at radius 2 is 2.04 bits per heavy atom. The third-order valence-corrected chi connectivity index (χ3v) is 5.29. The fraction of sp³-hybridized carbons (Fsp3) is 0.222. The zero-order valence-corrected chi connectivity index (χ0v) is 14.8. The van der Waals surface area contributed by atoms with Crippen molar-refractivity contribution in [2.45, 2.75) is 24.0 Å². The summed E-state index contributed by atoms with van der Waals surface area (Å²) in [5.41, 5.74) is 1.80. The highest BCUT2D eigenvalue weighted by Gasteiger charge is 2.25. The molecule has 1 aliphatic heterocycles. The number of halogens is 1. The highest BCUT2D eigenvalue weighted by atomic mass is 35.5. The van der Waals surface area contributed by atoms with E-state index in [9.17, 15) is 14.7 Å². The smallest absolute Gasteiger partial charge is 0.407 e. The third kappa shape index (κ3) is 4.27. The van der Waals surface area contributed by atoms with E-state index in [0.29, 0.717) is 0 Å². The Hall–Kier alpha value is -2.18.